The summed E-state index contributed by atoms with van der Waals surface area (Å²) in [6.07, 6.45) is 8.00. The van der Waals surface area contributed by atoms with Crippen molar-refractivity contribution >= 4 is 34.5 Å². The molecule has 3 nitrogen and oxygen atoms in total. The average molecular weight is 296 g/mol. The Balaban J connectivity index is 2.05. The summed E-state index contributed by atoms with van der Waals surface area (Å²) in [5, 5.41) is 0. The summed E-state index contributed by atoms with van der Waals surface area (Å²) >= 11 is 8.03. The number of alkyl halides is 1. The molecule has 0 radical (unpaired) electrons. The lowest BCUT2D eigenvalue weighted by Gasteiger charge is -2.40. The van der Waals surface area contributed by atoms with Crippen LogP contribution in [0.5, 0.6) is 0 Å². The number of rotatable bonds is 4. The molecule has 3 rings (SSSR count). The first-order valence-electron chi connectivity index (χ1n) is 6.60. The van der Waals surface area contributed by atoms with Gasteiger partial charge in [0.25, 0.3) is 0 Å². The van der Waals surface area contributed by atoms with Gasteiger partial charge < -0.3 is 4.57 Å². The molecule has 0 atom stereocenters. The number of nitrogens with zero attached hydrogens (tertiary/aromatic N) is 3. The van der Waals surface area contributed by atoms with E-state index in [1.807, 2.05) is 24.9 Å². The maximum Gasteiger partial charge on any atom is 0.160 e. The van der Waals surface area contributed by atoms with Crippen molar-refractivity contribution in [3.05, 3.63) is 23.7 Å². The van der Waals surface area contributed by atoms with Gasteiger partial charge in [-0.05, 0) is 37.7 Å². The zero-order chi connectivity index (χ0) is 13.5. The van der Waals surface area contributed by atoms with Crippen LogP contribution >= 0.6 is 23.4 Å². The quantitative estimate of drug-likeness (QED) is 0.805. The Bertz CT molecular complexity index is 598. The Morgan fingerprint density at radius 3 is 2.84 bits per heavy atom. The van der Waals surface area contributed by atoms with E-state index < -0.39 is 0 Å². The molecular formula is C14H18ClN3S. The minimum atomic E-state index is 0.362. The van der Waals surface area contributed by atoms with E-state index >= 15 is 0 Å². The Labute approximate surface area is 122 Å². The van der Waals surface area contributed by atoms with Gasteiger partial charge in [0.05, 0.1) is 5.88 Å². The van der Waals surface area contributed by atoms with E-state index in [1.165, 1.54) is 19.3 Å². The first-order chi connectivity index (χ1) is 9.17. The van der Waals surface area contributed by atoms with Crippen molar-refractivity contribution in [2.45, 2.75) is 43.4 Å². The molecule has 0 N–H and O–H groups in total. The van der Waals surface area contributed by atoms with Crippen LogP contribution in [0.3, 0.4) is 0 Å². The van der Waals surface area contributed by atoms with Gasteiger partial charge in [0.2, 0.25) is 0 Å². The lowest BCUT2D eigenvalue weighted by molar-refractivity contribution is 0.322. The lowest BCUT2D eigenvalue weighted by atomic mass is 9.84. The number of thioether (sulfide) groups is 1. The minimum Gasteiger partial charge on any atom is -0.310 e. The zero-order valence-corrected chi connectivity index (χ0v) is 12.9. The van der Waals surface area contributed by atoms with Crippen molar-refractivity contribution in [3.63, 3.8) is 0 Å². The second-order valence-corrected chi connectivity index (χ2v) is 6.89. The number of fused-ring (bicyclic) bond motifs is 1. The number of pyridine rings is 1. The van der Waals surface area contributed by atoms with E-state index in [4.69, 9.17) is 11.6 Å². The van der Waals surface area contributed by atoms with Gasteiger partial charge in [-0.15, -0.1) is 11.6 Å². The fraction of sp³-hybridized carbons (Fsp3) is 0.571. The van der Waals surface area contributed by atoms with E-state index in [2.05, 4.69) is 26.9 Å². The Hall–Kier alpha value is -0.740. The van der Waals surface area contributed by atoms with Crippen LogP contribution in [0.4, 0.5) is 0 Å². The second kappa shape index (κ2) is 4.98. The summed E-state index contributed by atoms with van der Waals surface area (Å²) in [5.41, 5.74) is 3.08. The van der Waals surface area contributed by atoms with Crippen molar-refractivity contribution < 1.29 is 0 Å². The molecule has 19 heavy (non-hydrogen) atoms. The largest absolute Gasteiger partial charge is 0.310 e. The monoisotopic (exact) mass is 295 g/mol. The SMILES string of the molecule is CSC1(Cn2c(CCl)nc3cc(C)cnc32)CCC1. The van der Waals surface area contributed by atoms with Gasteiger partial charge in [-0.3, -0.25) is 0 Å². The van der Waals surface area contributed by atoms with Gasteiger partial charge in [-0.1, -0.05) is 6.42 Å². The Morgan fingerprint density at radius 1 is 1.47 bits per heavy atom. The maximum absolute atomic E-state index is 6.06. The minimum absolute atomic E-state index is 0.362. The number of imidazole rings is 1. The predicted octanol–water partition coefficient (Wildman–Crippen LogP) is 3.76. The molecular weight excluding hydrogens is 278 g/mol. The summed E-state index contributed by atoms with van der Waals surface area (Å²) in [6, 6.07) is 2.08. The fourth-order valence-electron chi connectivity index (χ4n) is 2.71. The fourth-order valence-corrected chi connectivity index (χ4v) is 3.87. The second-order valence-electron chi connectivity index (χ2n) is 5.34. The Morgan fingerprint density at radius 2 is 2.26 bits per heavy atom. The molecule has 5 heteroatoms. The Kier molecular flexibility index (Phi) is 3.48. The number of hydrogen-bond donors (Lipinski definition) is 0. The molecule has 1 fully saturated rings. The molecule has 0 aromatic carbocycles. The highest BCUT2D eigenvalue weighted by molar-refractivity contribution is 8.00. The number of aryl methyl sites for hydroxylation is 1. The van der Waals surface area contributed by atoms with Crippen LogP contribution in [0.1, 0.15) is 30.7 Å². The summed E-state index contributed by atoms with van der Waals surface area (Å²) in [7, 11) is 0. The van der Waals surface area contributed by atoms with Crippen molar-refractivity contribution in [3.8, 4) is 0 Å². The van der Waals surface area contributed by atoms with Crippen LogP contribution < -0.4 is 0 Å². The van der Waals surface area contributed by atoms with E-state index in [0.717, 1.165) is 29.1 Å². The van der Waals surface area contributed by atoms with E-state index in [1.54, 1.807) is 0 Å². The molecule has 0 bridgehead atoms. The van der Waals surface area contributed by atoms with Gasteiger partial charge in [-0.2, -0.15) is 11.8 Å². The average Bonchev–Trinajstić information content (AvgIpc) is 2.70. The van der Waals surface area contributed by atoms with Crippen molar-refractivity contribution in [2.75, 3.05) is 6.26 Å². The van der Waals surface area contributed by atoms with Gasteiger partial charge >= 0.3 is 0 Å². The third kappa shape index (κ3) is 2.25. The number of hydrogen-bond acceptors (Lipinski definition) is 3. The van der Waals surface area contributed by atoms with Crippen LogP contribution in [0.2, 0.25) is 0 Å². The maximum atomic E-state index is 6.06. The highest BCUT2D eigenvalue weighted by Crippen LogP contribution is 2.44. The number of halogens is 1. The topological polar surface area (TPSA) is 30.7 Å². The highest BCUT2D eigenvalue weighted by Gasteiger charge is 2.37. The summed E-state index contributed by atoms with van der Waals surface area (Å²) in [6.45, 7) is 3.02. The van der Waals surface area contributed by atoms with E-state index in [9.17, 15) is 0 Å². The van der Waals surface area contributed by atoms with Crippen LogP contribution in [0, 0.1) is 6.92 Å². The number of aromatic nitrogens is 3. The van der Waals surface area contributed by atoms with Gasteiger partial charge in [0.15, 0.2) is 5.65 Å². The molecule has 102 valence electrons. The van der Waals surface area contributed by atoms with Crippen LogP contribution in [0.15, 0.2) is 12.3 Å². The van der Waals surface area contributed by atoms with E-state index in [-0.39, 0.29) is 0 Å². The third-order valence-corrected chi connectivity index (χ3v) is 5.71. The highest BCUT2D eigenvalue weighted by atomic mass is 35.5. The standard InChI is InChI=1S/C14H18ClN3S/c1-10-6-11-13(16-8-10)18(12(7-15)17-11)9-14(19-2)4-3-5-14/h6,8H,3-5,7,9H2,1-2H3. The van der Waals surface area contributed by atoms with Crippen molar-refractivity contribution in [1.29, 1.82) is 0 Å². The predicted molar refractivity (Wildman–Crippen MR) is 81.9 cm³/mol. The first kappa shape index (κ1) is 13.3. The molecule has 0 spiro atoms. The summed E-state index contributed by atoms with van der Waals surface area (Å²) in [5.74, 6) is 1.38. The van der Waals surface area contributed by atoms with Crippen molar-refractivity contribution in [2.24, 2.45) is 0 Å². The van der Waals surface area contributed by atoms with Crippen LogP contribution in [0.25, 0.3) is 11.2 Å². The lowest BCUT2D eigenvalue weighted by Crippen LogP contribution is -2.38. The molecule has 0 unspecified atom stereocenters. The van der Waals surface area contributed by atoms with Gasteiger partial charge in [-0.25, -0.2) is 9.97 Å². The molecule has 1 aliphatic carbocycles. The van der Waals surface area contributed by atoms with E-state index in [0.29, 0.717) is 10.6 Å². The summed E-state index contributed by atoms with van der Waals surface area (Å²) in [4.78, 5) is 9.19. The van der Waals surface area contributed by atoms with Crippen LogP contribution in [-0.2, 0) is 12.4 Å². The molecule has 2 aromatic heterocycles. The molecule has 0 saturated heterocycles. The van der Waals surface area contributed by atoms with Crippen molar-refractivity contribution in [1.82, 2.24) is 14.5 Å². The molecule has 0 amide bonds. The first-order valence-corrected chi connectivity index (χ1v) is 8.36. The third-order valence-electron chi connectivity index (χ3n) is 4.06. The molecule has 2 aromatic rings. The normalized spacial score (nSPS) is 17.6. The molecule has 1 aliphatic rings. The molecule has 2 heterocycles. The van der Waals surface area contributed by atoms with Gasteiger partial charge in [0, 0.05) is 17.5 Å². The van der Waals surface area contributed by atoms with Crippen LogP contribution in [-0.4, -0.2) is 25.5 Å². The molecule has 1 saturated carbocycles. The summed E-state index contributed by atoms with van der Waals surface area (Å²) < 4.78 is 2.58. The smallest absolute Gasteiger partial charge is 0.160 e. The van der Waals surface area contributed by atoms with Gasteiger partial charge in [0.1, 0.15) is 11.3 Å². The zero-order valence-electron chi connectivity index (χ0n) is 11.3. The molecule has 0 aliphatic heterocycles.